The highest BCUT2D eigenvalue weighted by atomic mass is 16.3. The Morgan fingerprint density at radius 2 is 0.548 bits per heavy atom. The predicted molar refractivity (Wildman–Crippen MR) is 393 cm³/mol. The van der Waals surface area contributed by atoms with Gasteiger partial charge in [0, 0.05) is 27.0 Å². The molecule has 0 unspecified atom stereocenters. The number of hydrogen-bond acceptors (Lipinski definition) is 2. The fourth-order valence-electron chi connectivity index (χ4n) is 14.2. The minimum atomic E-state index is -0.426. The molecule has 0 fully saturated rings. The van der Waals surface area contributed by atoms with Crippen molar-refractivity contribution in [2.75, 3.05) is 0 Å². The van der Waals surface area contributed by atoms with Crippen LogP contribution in [0.4, 0.5) is 0 Å². The van der Waals surface area contributed by atoms with Gasteiger partial charge in [0.1, 0.15) is 22.3 Å². The maximum atomic E-state index is 9.37. The van der Waals surface area contributed by atoms with Crippen LogP contribution in [-0.4, -0.2) is 0 Å². The van der Waals surface area contributed by atoms with Crippen LogP contribution in [0.15, 0.2) is 336 Å². The maximum absolute atomic E-state index is 9.37. The number of rotatable bonds is 7. The minimum Gasteiger partial charge on any atom is -0.456 e. The third-order valence-corrected chi connectivity index (χ3v) is 18.6. The molecule has 0 saturated carbocycles. The third kappa shape index (κ3) is 8.93. The Kier molecular flexibility index (Phi) is 9.34. The van der Waals surface area contributed by atoms with E-state index in [-0.39, 0.29) is 96.8 Å². The Bertz CT molecular complexity index is 6840. The number of furan rings is 2. The van der Waals surface area contributed by atoms with Gasteiger partial charge in [-0.05, 0) is 192 Å². The summed E-state index contributed by atoms with van der Waals surface area (Å²) in [7, 11) is 0. The molecule has 93 heavy (non-hydrogen) atoms. The summed E-state index contributed by atoms with van der Waals surface area (Å²) in [6.07, 6.45) is 0. The zero-order valence-corrected chi connectivity index (χ0v) is 50.3. The summed E-state index contributed by atoms with van der Waals surface area (Å²) in [5, 5.41) is 5.55. The quantitative estimate of drug-likeness (QED) is 0.149. The van der Waals surface area contributed by atoms with Crippen LogP contribution in [-0.2, 0) is 5.41 Å². The van der Waals surface area contributed by atoms with E-state index in [0.29, 0.717) is 44.5 Å². The van der Waals surface area contributed by atoms with Gasteiger partial charge in [0.05, 0.1) is 21.9 Å². The summed E-state index contributed by atoms with van der Waals surface area (Å²) in [6, 6.07) is 68.7. The van der Waals surface area contributed by atoms with E-state index in [1.165, 1.54) is 5.56 Å². The van der Waals surface area contributed by atoms with Crippen LogP contribution < -0.4 is 0 Å². The fraction of sp³-hybridized carbons (Fsp3) is 0.0330. The molecule has 1 aliphatic carbocycles. The lowest BCUT2D eigenvalue weighted by Gasteiger charge is -2.22. The molecule has 0 amide bonds. The zero-order valence-electron chi connectivity index (χ0n) is 66.3. The SMILES string of the molecule is [2H]c1c([2H])c([2H])c2c(-c3ccc4c(c3)-c3ccccc3C4(C)C)c3c([2H])c([2H])c([2H])c([2H])c3c(-c3ccc(-c4ccc5oc6ccccc6c5c4)cc3)c2c1[2H].[2H]c1c([2H])c([2H])c2c(-c3cccc(-c4ccccc4)c3)c3c([2H])c([2H])c([2H])c([2H])c3c(-c3ccc(-c4ccc5oc6ccccc6c5c4)cc3)c2c1[2H]. The molecule has 2 nitrogen and oxygen atoms in total. The van der Waals surface area contributed by atoms with Crippen LogP contribution in [0.5, 0.6) is 0 Å². The summed E-state index contributed by atoms with van der Waals surface area (Å²) < 4.78 is 157. The van der Waals surface area contributed by atoms with Crippen molar-refractivity contribution in [1.29, 1.82) is 0 Å². The van der Waals surface area contributed by atoms with Crippen molar-refractivity contribution in [3.63, 3.8) is 0 Å². The molecular weight excluding hydrogens is 1120 g/mol. The first-order chi connectivity index (χ1) is 52.5. The molecule has 0 spiro atoms. The normalized spacial score (nSPS) is 14.9. The third-order valence-electron chi connectivity index (χ3n) is 18.6. The first kappa shape index (κ1) is 40.0. The second-order valence-corrected chi connectivity index (χ2v) is 24.2. The van der Waals surface area contributed by atoms with Gasteiger partial charge in [0.15, 0.2) is 0 Å². The first-order valence-electron chi connectivity index (χ1n) is 38.9. The van der Waals surface area contributed by atoms with Gasteiger partial charge in [-0.15, -0.1) is 0 Å². The summed E-state index contributed by atoms with van der Waals surface area (Å²) in [4.78, 5) is 0. The van der Waals surface area contributed by atoms with Gasteiger partial charge in [0.2, 0.25) is 0 Å². The molecule has 0 bridgehead atoms. The van der Waals surface area contributed by atoms with E-state index in [9.17, 15) is 11.0 Å². The Balaban J connectivity index is 0.000000154. The largest absolute Gasteiger partial charge is 0.456 e. The molecule has 0 radical (unpaired) electrons. The van der Waals surface area contributed by atoms with Crippen molar-refractivity contribution in [3.05, 3.63) is 338 Å². The van der Waals surface area contributed by atoms with Gasteiger partial charge in [-0.3, -0.25) is 0 Å². The molecule has 0 saturated heterocycles. The Morgan fingerprint density at radius 1 is 0.226 bits per heavy atom. The van der Waals surface area contributed by atoms with Gasteiger partial charge in [-0.1, -0.05) is 293 Å². The Hall–Kier alpha value is -11.8. The van der Waals surface area contributed by atoms with E-state index < -0.39 is 48.3 Å². The number of benzene rings is 16. The molecule has 0 N–H and O–H groups in total. The predicted octanol–water partition coefficient (Wildman–Crippen LogP) is 25.8. The number of fused-ring (bicyclic) bond motifs is 13. The first-order valence-corrected chi connectivity index (χ1v) is 30.9. The van der Waals surface area contributed by atoms with Gasteiger partial charge < -0.3 is 8.83 Å². The molecular formula is C91H60O2. The van der Waals surface area contributed by atoms with E-state index >= 15 is 0 Å². The van der Waals surface area contributed by atoms with Crippen molar-refractivity contribution in [2.24, 2.45) is 0 Å². The summed E-state index contributed by atoms with van der Waals surface area (Å²) in [6.45, 7) is 4.35. The van der Waals surface area contributed by atoms with Crippen LogP contribution in [0.1, 0.15) is 46.9 Å². The second-order valence-electron chi connectivity index (χ2n) is 24.2. The van der Waals surface area contributed by atoms with Crippen LogP contribution in [0.2, 0.25) is 0 Å². The van der Waals surface area contributed by atoms with E-state index in [2.05, 4.69) is 38.1 Å². The monoisotopic (exact) mass is 1200 g/mol. The molecule has 436 valence electrons. The van der Waals surface area contributed by atoms with Gasteiger partial charge in [0.25, 0.3) is 0 Å². The van der Waals surface area contributed by atoms with Gasteiger partial charge in [-0.2, -0.15) is 0 Å². The highest BCUT2D eigenvalue weighted by Crippen LogP contribution is 2.52. The highest BCUT2D eigenvalue weighted by Gasteiger charge is 2.35. The van der Waals surface area contributed by atoms with E-state index in [1.807, 2.05) is 206 Å². The van der Waals surface area contributed by atoms with Crippen LogP contribution >= 0.6 is 0 Å². The lowest BCUT2D eigenvalue weighted by Crippen LogP contribution is -2.14. The number of hydrogen-bond donors (Lipinski definition) is 0. The Morgan fingerprint density at radius 3 is 1.03 bits per heavy atom. The molecule has 2 aromatic heterocycles. The summed E-state index contributed by atoms with van der Waals surface area (Å²) in [5.74, 6) is 0. The lowest BCUT2D eigenvalue weighted by atomic mass is 9.81. The topological polar surface area (TPSA) is 26.3 Å². The molecule has 0 atom stereocenters. The van der Waals surface area contributed by atoms with Crippen molar-refractivity contribution in [3.8, 4) is 89.0 Å². The second kappa shape index (κ2) is 21.7. The van der Waals surface area contributed by atoms with E-state index in [0.717, 1.165) is 93.9 Å². The Labute approximate surface area is 562 Å². The van der Waals surface area contributed by atoms with Crippen LogP contribution in [0, 0.1) is 0 Å². The van der Waals surface area contributed by atoms with Crippen LogP contribution in [0.3, 0.4) is 0 Å². The number of para-hydroxylation sites is 2. The van der Waals surface area contributed by atoms with Crippen molar-refractivity contribution < 1.29 is 30.8 Å². The average Bonchev–Trinajstić information content (AvgIpc) is 1.15. The smallest absolute Gasteiger partial charge is 0.135 e. The van der Waals surface area contributed by atoms with E-state index in [1.54, 1.807) is 0 Å². The molecule has 2 heterocycles. The van der Waals surface area contributed by atoms with Gasteiger partial charge in [-0.25, -0.2) is 0 Å². The van der Waals surface area contributed by atoms with Crippen molar-refractivity contribution in [2.45, 2.75) is 19.3 Å². The summed E-state index contributed by atoms with van der Waals surface area (Å²) in [5.41, 5.74) is 16.3. The minimum absolute atomic E-state index is 0.188. The lowest BCUT2D eigenvalue weighted by molar-refractivity contribution is 0.660. The standard InChI is InChI=1S/C47H32O.C44H28O/c1-47(2)41-17-9-7-11-33(41)39-28-32(23-25-42(39)47)46-37-15-5-3-13-35(37)45(36-14-4-6-16-38(36)46)30-21-19-29(20-22-30)31-24-26-44-40(27-31)34-12-8-10-18-43(34)48-44;1-2-11-29(12-3-1)32-13-10-14-34(27-32)44-38-18-6-4-16-36(38)43(37-17-5-7-19-39(37)44)31-23-21-30(22-24-31)33-25-26-42-40(28-33)35-15-8-9-20-41(35)45-42/h3-28H,1-2H3;1-28H/i3D,4D,5D,6D,13D,14D,15D,16D;4D,5D,6D,7D,16D,17D,18D,19D. The molecule has 19 rings (SSSR count). The highest BCUT2D eigenvalue weighted by molar-refractivity contribution is 6.23. The molecule has 2 heteroatoms. The van der Waals surface area contributed by atoms with E-state index in [4.69, 9.17) is 19.8 Å². The van der Waals surface area contributed by atoms with Crippen molar-refractivity contribution in [1.82, 2.24) is 0 Å². The van der Waals surface area contributed by atoms with Gasteiger partial charge >= 0.3 is 0 Å². The molecule has 16 aromatic carbocycles. The molecule has 18 aromatic rings. The fourth-order valence-corrected chi connectivity index (χ4v) is 14.2. The zero-order chi connectivity index (χ0) is 75.7. The summed E-state index contributed by atoms with van der Waals surface area (Å²) >= 11 is 0. The van der Waals surface area contributed by atoms with Crippen molar-refractivity contribution >= 4 is 87.0 Å². The molecule has 0 aliphatic heterocycles. The maximum Gasteiger partial charge on any atom is 0.135 e. The van der Waals surface area contributed by atoms with Crippen LogP contribution in [0.25, 0.3) is 176 Å². The molecule has 1 aliphatic rings. The average molecular weight is 1200 g/mol.